The minimum atomic E-state index is -0.134. The number of nitrogens with zero attached hydrogens (tertiary/aromatic N) is 6. The molecule has 1 fully saturated rings. The number of hydrogen-bond acceptors (Lipinski definition) is 9. The molecule has 0 spiro atoms. The van der Waals surface area contributed by atoms with Gasteiger partial charge in [0, 0.05) is 46.5 Å². The van der Waals surface area contributed by atoms with E-state index in [0.717, 1.165) is 52.3 Å². The number of rotatable bonds is 7. The lowest BCUT2D eigenvalue weighted by Gasteiger charge is -2.14. The van der Waals surface area contributed by atoms with Crippen molar-refractivity contribution >= 4 is 34.0 Å². The second-order valence-corrected chi connectivity index (χ2v) is 11.0. The fourth-order valence-corrected chi connectivity index (χ4v) is 5.85. The Morgan fingerprint density at radius 1 is 0.927 bits per heavy atom. The quantitative estimate of drug-likeness (QED) is 0.274. The predicted octanol–water partition coefficient (Wildman–Crippen LogP) is 5.24. The average molecular weight is 559 g/mol. The SMILES string of the molecule is O=c1c(-c2ccc(-c3ccnnc3)cc2)cc2cnc(Nc3ccc(C4CCNC4)cc3)nc2n1Cc1nccs1. The van der Waals surface area contributed by atoms with Crippen molar-refractivity contribution in [2.45, 2.75) is 18.9 Å². The van der Waals surface area contributed by atoms with Crippen molar-refractivity contribution in [1.29, 1.82) is 0 Å². The first-order valence-electron chi connectivity index (χ1n) is 13.5. The molecule has 7 rings (SSSR count). The smallest absolute Gasteiger partial charge is 0.260 e. The molecule has 202 valence electrons. The summed E-state index contributed by atoms with van der Waals surface area (Å²) in [5.74, 6) is 0.988. The van der Waals surface area contributed by atoms with Crippen molar-refractivity contribution in [3.05, 3.63) is 112 Å². The number of fused-ring (bicyclic) bond motifs is 1. The zero-order valence-electron chi connectivity index (χ0n) is 22.1. The van der Waals surface area contributed by atoms with Gasteiger partial charge in [-0.2, -0.15) is 15.2 Å². The van der Waals surface area contributed by atoms with Gasteiger partial charge in [-0.05, 0) is 59.8 Å². The van der Waals surface area contributed by atoms with Gasteiger partial charge in [0.2, 0.25) is 5.95 Å². The van der Waals surface area contributed by atoms with E-state index in [9.17, 15) is 4.79 Å². The molecular weight excluding hydrogens is 532 g/mol. The number of benzene rings is 2. The van der Waals surface area contributed by atoms with Crippen molar-refractivity contribution < 1.29 is 0 Å². The van der Waals surface area contributed by atoms with Gasteiger partial charge in [0.05, 0.1) is 18.9 Å². The molecule has 2 N–H and O–H groups in total. The van der Waals surface area contributed by atoms with E-state index in [0.29, 0.717) is 29.6 Å². The maximum Gasteiger partial charge on any atom is 0.260 e. The first kappa shape index (κ1) is 25.2. The van der Waals surface area contributed by atoms with E-state index >= 15 is 0 Å². The summed E-state index contributed by atoms with van der Waals surface area (Å²) >= 11 is 1.51. The summed E-state index contributed by atoms with van der Waals surface area (Å²) in [5.41, 5.74) is 6.00. The fourth-order valence-electron chi connectivity index (χ4n) is 5.25. The molecule has 1 aliphatic rings. The van der Waals surface area contributed by atoms with E-state index in [1.807, 2.05) is 41.8 Å². The molecule has 2 aromatic carbocycles. The van der Waals surface area contributed by atoms with E-state index < -0.39 is 0 Å². The largest absolute Gasteiger partial charge is 0.324 e. The third-order valence-corrected chi connectivity index (χ3v) is 8.18. The second-order valence-electron chi connectivity index (χ2n) is 9.99. The van der Waals surface area contributed by atoms with Crippen molar-refractivity contribution in [3.8, 4) is 22.3 Å². The lowest BCUT2D eigenvalue weighted by molar-refractivity contribution is 0.763. The highest BCUT2D eigenvalue weighted by atomic mass is 32.1. The minimum absolute atomic E-state index is 0.134. The summed E-state index contributed by atoms with van der Waals surface area (Å²) in [7, 11) is 0. The van der Waals surface area contributed by atoms with Crippen LogP contribution in [0.1, 0.15) is 22.9 Å². The van der Waals surface area contributed by atoms with Crippen molar-refractivity contribution in [1.82, 2.24) is 35.0 Å². The van der Waals surface area contributed by atoms with Gasteiger partial charge in [-0.15, -0.1) is 11.3 Å². The van der Waals surface area contributed by atoms with Crippen LogP contribution in [-0.2, 0) is 6.54 Å². The lowest BCUT2D eigenvalue weighted by Crippen LogP contribution is -2.24. The summed E-state index contributed by atoms with van der Waals surface area (Å²) in [4.78, 5) is 27.7. The van der Waals surface area contributed by atoms with Crippen LogP contribution in [0.25, 0.3) is 33.3 Å². The summed E-state index contributed by atoms with van der Waals surface area (Å²) in [6.07, 6.45) is 8.05. The Labute approximate surface area is 240 Å². The van der Waals surface area contributed by atoms with Crippen LogP contribution in [0.4, 0.5) is 11.6 Å². The molecule has 41 heavy (non-hydrogen) atoms. The molecule has 6 aromatic rings. The summed E-state index contributed by atoms with van der Waals surface area (Å²) in [6, 6.07) is 20.1. The molecule has 0 amide bonds. The van der Waals surface area contributed by atoms with E-state index in [-0.39, 0.29) is 5.56 Å². The van der Waals surface area contributed by atoms with Crippen LogP contribution in [0.5, 0.6) is 0 Å². The molecule has 0 saturated carbocycles. The van der Waals surface area contributed by atoms with Crippen LogP contribution in [-0.4, -0.2) is 42.8 Å². The third-order valence-electron chi connectivity index (χ3n) is 7.42. The van der Waals surface area contributed by atoms with Gasteiger partial charge in [0.1, 0.15) is 10.7 Å². The van der Waals surface area contributed by atoms with Gasteiger partial charge in [0.15, 0.2) is 0 Å². The number of nitrogens with one attached hydrogen (secondary N) is 2. The predicted molar refractivity (Wildman–Crippen MR) is 161 cm³/mol. The van der Waals surface area contributed by atoms with Gasteiger partial charge < -0.3 is 10.6 Å². The Bertz CT molecular complexity index is 1850. The third kappa shape index (κ3) is 5.22. The first-order valence-corrected chi connectivity index (χ1v) is 14.3. The van der Waals surface area contributed by atoms with Gasteiger partial charge in [-0.3, -0.25) is 9.36 Å². The molecule has 0 bridgehead atoms. The minimum Gasteiger partial charge on any atom is -0.324 e. The Kier molecular flexibility index (Phi) is 6.75. The van der Waals surface area contributed by atoms with Crippen molar-refractivity contribution in [2.75, 3.05) is 18.4 Å². The molecule has 5 heterocycles. The molecule has 0 radical (unpaired) electrons. The monoisotopic (exact) mass is 558 g/mol. The number of pyridine rings is 1. The Hall–Kier alpha value is -4.80. The van der Waals surface area contributed by atoms with Crippen molar-refractivity contribution in [3.63, 3.8) is 0 Å². The average Bonchev–Trinajstić information content (AvgIpc) is 3.75. The van der Waals surface area contributed by atoms with E-state index in [1.165, 1.54) is 16.9 Å². The van der Waals surface area contributed by atoms with Gasteiger partial charge in [-0.1, -0.05) is 36.4 Å². The van der Waals surface area contributed by atoms with E-state index in [4.69, 9.17) is 4.98 Å². The van der Waals surface area contributed by atoms with Gasteiger partial charge in [-0.25, -0.2) is 9.97 Å². The molecule has 1 unspecified atom stereocenters. The molecule has 1 aliphatic heterocycles. The standard InChI is InChI=1S/C31H26N8OS/c40-30-27(22-3-1-20(2-4-22)24-10-12-35-36-18-24)15-25-17-34-31(38-29(25)39(30)19-28-33-13-14-41-28)37-26-7-5-21(6-8-26)23-9-11-32-16-23/h1-8,10,12-15,17-18,23,32H,9,11,16,19H2,(H,34,37,38). The Balaban J connectivity index is 1.25. The van der Waals surface area contributed by atoms with Gasteiger partial charge in [0.25, 0.3) is 5.56 Å². The van der Waals surface area contributed by atoms with Crippen LogP contribution in [0.15, 0.2) is 95.6 Å². The van der Waals surface area contributed by atoms with Crippen LogP contribution in [0.3, 0.4) is 0 Å². The molecule has 1 saturated heterocycles. The summed E-state index contributed by atoms with van der Waals surface area (Å²) in [5, 5.41) is 18.0. The van der Waals surface area contributed by atoms with Crippen molar-refractivity contribution in [2.24, 2.45) is 0 Å². The molecule has 0 aliphatic carbocycles. The highest BCUT2D eigenvalue weighted by molar-refractivity contribution is 7.09. The maximum atomic E-state index is 13.9. The van der Waals surface area contributed by atoms with Crippen LogP contribution in [0, 0.1) is 0 Å². The highest BCUT2D eigenvalue weighted by Crippen LogP contribution is 2.27. The molecule has 1 atom stereocenters. The number of hydrogen-bond donors (Lipinski definition) is 2. The molecular formula is C31H26N8OS. The van der Waals surface area contributed by atoms with Crippen LogP contribution in [0.2, 0.25) is 0 Å². The topological polar surface area (TPSA) is 111 Å². The Morgan fingerprint density at radius 2 is 1.78 bits per heavy atom. The van der Waals surface area contributed by atoms with Crippen LogP contribution < -0.4 is 16.2 Å². The fraction of sp³-hybridized carbons (Fsp3) is 0.161. The highest BCUT2D eigenvalue weighted by Gasteiger charge is 2.17. The number of anilines is 2. The summed E-state index contributed by atoms with van der Waals surface area (Å²) in [6.45, 7) is 2.41. The molecule has 10 heteroatoms. The van der Waals surface area contributed by atoms with Crippen LogP contribution >= 0.6 is 11.3 Å². The first-order chi connectivity index (χ1) is 20.2. The normalized spacial score (nSPS) is 14.9. The molecule has 9 nitrogen and oxygen atoms in total. The zero-order valence-corrected chi connectivity index (χ0v) is 22.9. The summed E-state index contributed by atoms with van der Waals surface area (Å²) < 4.78 is 1.69. The lowest BCUT2D eigenvalue weighted by atomic mass is 9.98. The Morgan fingerprint density at radius 3 is 2.51 bits per heavy atom. The van der Waals surface area contributed by atoms with E-state index in [2.05, 4.69) is 55.1 Å². The van der Waals surface area contributed by atoms with Gasteiger partial charge >= 0.3 is 0 Å². The number of thiazole rings is 1. The number of aromatic nitrogens is 6. The maximum absolute atomic E-state index is 13.9. The van der Waals surface area contributed by atoms with E-state index in [1.54, 1.807) is 29.4 Å². The molecule has 4 aromatic heterocycles. The second kappa shape index (κ2) is 11.0. The zero-order chi connectivity index (χ0) is 27.6.